The minimum absolute atomic E-state index is 0.00964. The molecule has 0 aliphatic rings. The molecule has 2 aromatic carbocycles. The smallest absolute Gasteiger partial charge is 0.408 e. The van der Waals surface area contributed by atoms with Gasteiger partial charge in [-0.25, -0.2) is 4.79 Å². The van der Waals surface area contributed by atoms with Crippen LogP contribution < -0.4 is 10.6 Å². The molecule has 0 fully saturated rings. The number of phenolic OH excluding ortho intramolecular Hbond substituents is 1. The molecule has 11 nitrogen and oxygen atoms in total. The molecule has 0 spiro atoms. The SMILES string of the molecule is CCOC(=O)CCNC(=O)C(c1cccc(C)c1C)N(CC#N)C(=O)C(Cc1ccc(O)cc1)NC(=O)OC(C)(C)C. The highest BCUT2D eigenvalue weighted by atomic mass is 16.6. The van der Waals surface area contributed by atoms with E-state index in [0.29, 0.717) is 11.1 Å². The van der Waals surface area contributed by atoms with Crippen LogP contribution in [-0.4, -0.2) is 65.2 Å². The zero-order chi connectivity index (χ0) is 31.4. The van der Waals surface area contributed by atoms with Gasteiger partial charge in [0.05, 0.1) is 19.1 Å². The van der Waals surface area contributed by atoms with Gasteiger partial charge in [0.15, 0.2) is 0 Å². The zero-order valence-corrected chi connectivity index (χ0v) is 25.0. The van der Waals surface area contributed by atoms with Gasteiger partial charge in [-0.3, -0.25) is 14.4 Å². The van der Waals surface area contributed by atoms with Gasteiger partial charge in [0, 0.05) is 13.0 Å². The maximum absolute atomic E-state index is 14.2. The Hall–Kier alpha value is -4.59. The first-order valence-electron chi connectivity index (χ1n) is 13.7. The van der Waals surface area contributed by atoms with Gasteiger partial charge in [-0.15, -0.1) is 0 Å². The molecule has 11 heteroatoms. The van der Waals surface area contributed by atoms with E-state index in [1.165, 1.54) is 12.1 Å². The number of aryl methyl sites for hydroxylation is 1. The monoisotopic (exact) mass is 580 g/mol. The number of amides is 3. The van der Waals surface area contributed by atoms with E-state index in [-0.39, 0.29) is 31.7 Å². The number of nitrogens with zero attached hydrogens (tertiary/aromatic N) is 2. The molecule has 3 N–H and O–H groups in total. The van der Waals surface area contributed by atoms with Crippen LogP contribution in [-0.2, 0) is 30.3 Å². The van der Waals surface area contributed by atoms with Gasteiger partial charge < -0.3 is 30.1 Å². The van der Waals surface area contributed by atoms with Crippen LogP contribution >= 0.6 is 0 Å². The number of nitrogens with one attached hydrogen (secondary N) is 2. The fourth-order valence-electron chi connectivity index (χ4n) is 4.23. The van der Waals surface area contributed by atoms with Crippen LogP contribution in [0.2, 0.25) is 0 Å². The standard InChI is InChI=1S/C31H40N4O7/c1-7-41-26(37)15-17-33-28(38)27(24-10-8-9-20(2)21(24)3)35(18-16-32)29(39)25(34-30(40)42-31(4,5)6)19-22-11-13-23(36)14-12-22/h8-14,25,27,36H,7,15,17-19H2,1-6H3,(H,33,38)(H,34,40). The van der Waals surface area contributed by atoms with Gasteiger partial charge in [-0.05, 0) is 75.9 Å². The molecule has 0 saturated carbocycles. The lowest BCUT2D eigenvalue weighted by Gasteiger charge is -2.34. The number of carbonyl (C=O) groups excluding carboxylic acids is 4. The second-order valence-electron chi connectivity index (χ2n) is 10.7. The van der Waals surface area contributed by atoms with E-state index in [2.05, 4.69) is 10.6 Å². The van der Waals surface area contributed by atoms with E-state index in [1.54, 1.807) is 52.0 Å². The number of nitriles is 1. The molecule has 2 unspecified atom stereocenters. The van der Waals surface area contributed by atoms with E-state index < -0.39 is 48.1 Å². The minimum atomic E-state index is -1.25. The lowest BCUT2D eigenvalue weighted by atomic mass is 9.94. The van der Waals surface area contributed by atoms with Gasteiger partial charge in [0.2, 0.25) is 11.8 Å². The second kappa shape index (κ2) is 15.4. The van der Waals surface area contributed by atoms with Crippen LogP contribution in [0.15, 0.2) is 42.5 Å². The summed E-state index contributed by atoms with van der Waals surface area (Å²) in [5.41, 5.74) is 1.87. The average Bonchev–Trinajstić information content (AvgIpc) is 2.90. The summed E-state index contributed by atoms with van der Waals surface area (Å²) in [7, 11) is 0. The summed E-state index contributed by atoms with van der Waals surface area (Å²) in [6.45, 7) is 10.1. The number of rotatable bonds is 12. The lowest BCUT2D eigenvalue weighted by Crippen LogP contribution is -2.54. The van der Waals surface area contributed by atoms with Crippen LogP contribution in [0.4, 0.5) is 4.79 Å². The number of ether oxygens (including phenoxy) is 2. The third-order valence-electron chi connectivity index (χ3n) is 6.32. The van der Waals surface area contributed by atoms with Crippen molar-refractivity contribution in [3.8, 4) is 11.8 Å². The number of benzene rings is 2. The van der Waals surface area contributed by atoms with E-state index in [1.807, 2.05) is 26.0 Å². The Kier molecular flexibility index (Phi) is 12.3. The van der Waals surface area contributed by atoms with Crippen LogP contribution in [0.3, 0.4) is 0 Å². The summed E-state index contributed by atoms with van der Waals surface area (Å²) in [5.74, 6) is -1.75. The van der Waals surface area contributed by atoms with E-state index in [0.717, 1.165) is 16.0 Å². The Balaban J connectivity index is 2.53. The van der Waals surface area contributed by atoms with Gasteiger partial charge in [0.25, 0.3) is 0 Å². The average molecular weight is 581 g/mol. The molecule has 226 valence electrons. The molecule has 0 aromatic heterocycles. The summed E-state index contributed by atoms with van der Waals surface area (Å²) in [6, 6.07) is 10.9. The molecule has 0 aliphatic carbocycles. The van der Waals surface area contributed by atoms with Crippen molar-refractivity contribution >= 4 is 23.9 Å². The summed E-state index contributed by atoms with van der Waals surface area (Å²) >= 11 is 0. The van der Waals surface area contributed by atoms with Gasteiger partial charge in [-0.2, -0.15) is 5.26 Å². The minimum Gasteiger partial charge on any atom is -0.508 e. The predicted molar refractivity (Wildman–Crippen MR) is 155 cm³/mol. The van der Waals surface area contributed by atoms with Gasteiger partial charge in [-0.1, -0.05) is 30.3 Å². The Labute approximate surface area is 246 Å². The summed E-state index contributed by atoms with van der Waals surface area (Å²) in [6.07, 6.45) is -0.932. The molecule has 0 bridgehead atoms. The molecule has 2 atom stereocenters. The quantitative estimate of drug-likeness (QED) is 0.254. The molecular formula is C31H40N4O7. The van der Waals surface area contributed by atoms with Crippen molar-refractivity contribution in [2.75, 3.05) is 19.7 Å². The van der Waals surface area contributed by atoms with Crippen molar-refractivity contribution in [3.63, 3.8) is 0 Å². The zero-order valence-electron chi connectivity index (χ0n) is 25.0. The summed E-state index contributed by atoms with van der Waals surface area (Å²) in [4.78, 5) is 53.6. The highest BCUT2D eigenvalue weighted by molar-refractivity contribution is 5.93. The first-order chi connectivity index (χ1) is 19.8. The first kappa shape index (κ1) is 33.6. The maximum atomic E-state index is 14.2. The molecule has 0 saturated heterocycles. The normalized spacial score (nSPS) is 12.3. The Bertz CT molecular complexity index is 1300. The molecule has 0 radical (unpaired) electrons. The van der Waals surface area contributed by atoms with Crippen LogP contribution in [0.25, 0.3) is 0 Å². The van der Waals surface area contributed by atoms with Crippen molar-refractivity contribution in [3.05, 3.63) is 64.7 Å². The van der Waals surface area contributed by atoms with E-state index in [4.69, 9.17) is 9.47 Å². The highest BCUT2D eigenvalue weighted by Crippen LogP contribution is 2.28. The summed E-state index contributed by atoms with van der Waals surface area (Å²) in [5, 5.41) is 24.8. The lowest BCUT2D eigenvalue weighted by molar-refractivity contribution is -0.144. The topological polar surface area (TPSA) is 158 Å². The fourth-order valence-corrected chi connectivity index (χ4v) is 4.23. The number of alkyl carbamates (subject to hydrolysis) is 1. The second-order valence-corrected chi connectivity index (χ2v) is 10.7. The molecule has 3 amide bonds. The van der Waals surface area contributed by atoms with Crippen LogP contribution in [0, 0.1) is 25.2 Å². The number of esters is 1. The largest absolute Gasteiger partial charge is 0.508 e. The Morgan fingerprint density at radius 1 is 1.07 bits per heavy atom. The fraction of sp³-hybridized carbons (Fsp3) is 0.452. The van der Waals surface area contributed by atoms with Crippen molar-refractivity contribution in [1.29, 1.82) is 5.26 Å². The number of phenols is 1. The number of hydrogen-bond acceptors (Lipinski definition) is 8. The molecule has 0 heterocycles. The molecule has 42 heavy (non-hydrogen) atoms. The highest BCUT2D eigenvalue weighted by Gasteiger charge is 2.37. The van der Waals surface area contributed by atoms with Crippen LogP contribution in [0.5, 0.6) is 5.75 Å². The van der Waals surface area contributed by atoms with Crippen molar-refractivity contribution < 1.29 is 33.8 Å². The maximum Gasteiger partial charge on any atom is 0.408 e. The molecule has 2 aromatic rings. The third-order valence-corrected chi connectivity index (χ3v) is 6.32. The number of aromatic hydroxyl groups is 1. The van der Waals surface area contributed by atoms with Crippen molar-refractivity contribution in [2.45, 2.75) is 72.1 Å². The van der Waals surface area contributed by atoms with Crippen LogP contribution in [0.1, 0.15) is 62.4 Å². The van der Waals surface area contributed by atoms with E-state index >= 15 is 0 Å². The van der Waals surface area contributed by atoms with Crippen molar-refractivity contribution in [2.24, 2.45) is 0 Å². The molecule has 2 rings (SSSR count). The van der Waals surface area contributed by atoms with Gasteiger partial charge >= 0.3 is 12.1 Å². The predicted octanol–water partition coefficient (Wildman–Crippen LogP) is 3.61. The van der Waals surface area contributed by atoms with Gasteiger partial charge in [0.1, 0.15) is 30.0 Å². The summed E-state index contributed by atoms with van der Waals surface area (Å²) < 4.78 is 10.3. The number of carbonyl (C=O) groups is 4. The Morgan fingerprint density at radius 3 is 2.33 bits per heavy atom. The Morgan fingerprint density at radius 2 is 1.74 bits per heavy atom. The first-order valence-corrected chi connectivity index (χ1v) is 13.7. The third kappa shape index (κ3) is 10.1. The molecule has 0 aliphatic heterocycles. The number of hydrogen-bond donors (Lipinski definition) is 3. The van der Waals surface area contributed by atoms with Crippen molar-refractivity contribution in [1.82, 2.24) is 15.5 Å². The molecular weight excluding hydrogens is 540 g/mol. The van der Waals surface area contributed by atoms with E-state index in [9.17, 15) is 29.5 Å².